The van der Waals surface area contributed by atoms with Gasteiger partial charge in [0.25, 0.3) is 0 Å². The summed E-state index contributed by atoms with van der Waals surface area (Å²) < 4.78 is 33.9. The Bertz CT molecular complexity index is 802. The first-order chi connectivity index (χ1) is 14.1. The van der Waals surface area contributed by atoms with E-state index in [-0.39, 0.29) is 11.3 Å². The van der Waals surface area contributed by atoms with Gasteiger partial charge in [-0.25, -0.2) is 4.39 Å². The van der Waals surface area contributed by atoms with Crippen molar-refractivity contribution in [3.05, 3.63) is 65.9 Å². The lowest BCUT2D eigenvalue weighted by Gasteiger charge is -2.29. The number of halogens is 2. The lowest BCUT2D eigenvalue weighted by Crippen LogP contribution is -2.13. The fourth-order valence-corrected chi connectivity index (χ4v) is 4.39. The number of unbranched alkanes of at least 4 members (excludes halogenated alkanes) is 2. The first kappa shape index (κ1) is 21.5. The highest BCUT2D eigenvalue weighted by molar-refractivity contribution is 5.65. The molecule has 0 bridgehead atoms. The van der Waals surface area contributed by atoms with Crippen molar-refractivity contribution < 1.29 is 13.5 Å². The van der Waals surface area contributed by atoms with Crippen LogP contribution in [0.25, 0.3) is 11.1 Å². The van der Waals surface area contributed by atoms with Crippen molar-refractivity contribution in [1.82, 2.24) is 0 Å². The zero-order valence-corrected chi connectivity index (χ0v) is 17.6. The van der Waals surface area contributed by atoms with Crippen LogP contribution in [0.5, 0.6) is 5.75 Å². The van der Waals surface area contributed by atoms with Crippen molar-refractivity contribution in [3.8, 4) is 16.9 Å². The molecule has 0 radical (unpaired) electrons. The predicted molar refractivity (Wildman–Crippen MR) is 116 cm³/mol. The number of benzene rings is 2. The Morgan fingerprint density at radius 1 is 0.931 bits per heavy atom. The van der Waals surface area contributed by atoms with Gasteiger partial charge in [-0.05, 0) is 67.7 Å². The second-order valence-electron chi connectivity index (χ2n) is 8.16. The van der Waals surface area contributed by atoms with Crippen LogP contribution in [0.4, 0.5) is 8.78 Å². The molecule has 156 valence electrons. The van der Waals surface area contributed by atoms with E-state index in [1.165, 1.54) is 69.3 Å². The Balaban J connectivity index is 1.64. The molecule has 1 fully saturated rings. The molecule has 29 heavy (non-hydrogen) atoms. The Morgan fingerprint density at radius 2 is 1.66 bits per heavy atom. The average Bonchev–Trinajstić information content (AvgIpc) is 2.76. The Kier molecular flexibility index (Phi) is 7.85. The minimum atomic E-state index is -0.953. The van der Waals surface area contributed by atoms with Crippen molar-refractivity contribution >= 4 is 0 Å². The Hall–Kier alpha value is -2.16. The summed E-state index contributed by atoms with van der Waals surface area (Å²) in [6, 6.07) is 11.0. The molecule has 0 N–H and O–H groups in total. The second kappa shape index (κ2) is 10.6. The number of hydrogen-bond donors (Lipinski definition) is 0. The summed E-state index contributed by atoms with van der Waals surface area (Å²) in [6.07, 6.45) is 13.4. The van der Waals surface area contributed by atoms with Gasteiger partial charge in [0, 0.05) is 5.56 Å². The van der Waals surface area contributed by atoms with E-state index < -0.39 is 11.6 Å². The van der Waals surface area contributed by atoms with Crippen LogP contribution in [0.15, 0.2) is 48.7 Å². The van der Waals surface area contributed by atoms with E-state index in [4.69, 9.17) is 4.74 Å². The molecule has 1 nitrogen and oxygen atoms in total. The third-order valence-corrected chi connectivity index (χ3v) is 6.13. The Labute approximate surface area is 173 Å². The molecular formula is C26H32F2O. The molecule has 0 saturated heterocycles. The van der Waals surface area contributed by atoms with Crippen molar-refractivity contribution in [2.45, 2.75) is 71.1 Å². The lowest BCUT2D eigenvalue weighted by atomic mass is 9.77. The van der Waals surface area contributed by atoms with E-state index in [0.29, 0.717) is 11.5 Å². The van der Waals surface area contributed by atoms with E-state index in [0.717, 1.165) is 5.92 Å². The number of rotatable bonds is 8. The molecule has 3 rings (SSSR count). The van der Waals surface area contributed by atoms with Crippen molar-refractivity contribution in [2.24, 2.45) is 5.92 Å². The van der Waals surface area contributed by atoms with Crippen molar-refractivity contribution in [2.75, 3.05) is 0 Å². The van der Waals surface area contributed by atoms with E-state index >= 15 is 0 Å². The SMILES string of the molecule is C/C=C/Oc1ccc(-c2ccc(C3CCC(CCCCC)CC3)cc2)c(F)c1F. The third kappa shape index (κ3) is 5.46. The average molecular weight is 399 g/mol. The maximum absolute atomic E-state index is 14.5. The molecule has 0 aliphatic heterocycles. The summed E-state index contributed by atoms with van der Waals surface area (Å²) in [7, 11) is 0. The minimum Gasteiger partial charge on any atom is -0.462 e. The quantitative estimate of drug-likeness (QED) is 0.320. The molecular weight excluding hydrogens is 366 g/mol. The van der Waals surface area contributed by atoms with Gasteiger partial charge in [0.1, 0.15) is 0 Å². The van der Waals surface area contributed by atoms with Crippen LogP contribution in [-0.2, 0) is 0 Å². The largest absolute Gasteiger partial charge is 0.462 e. The van der Waals surface area contributed by atoms with Gasteiger partial charge in [0.15, 0.2) is 11.6 Å². The zero-order chi connectivity index (χ0) is 20.6. The highest BCUT2D eigenvalue weighted by Crippen LogP contribution is 2.38. The third-order valence-electron chi connectivity index (χ3n) is 6.13. The van der Waals surface area contributed by atoms with Gasteiger partial charge in [-0.15, -0.1) is 0 Å². The van der Waals surface area contributed by atoms with E-state index in [9.17, 15) is 8.78 Å². The zero-order valence-electron chi connectivity index (χ0n) is 17.6. The molecule has 1 saturated carbocycles. The molecule has 0 amide bonds. The van der Waals surface area contributed by atoms with E-state index in [1.807, 2.05) is 12.1 Å². The van der Waals surface area contributed by atoms with Gasteiger partial charge in [-0.2, -0.15) is 4.39 Å². The van der Waals surface area contributed by atoms with Gasteiger partial charge in [-0.1, -0.05) is 62.9 Å². The van der Waals surface area contributed by atoms with Gasteiger partial charge >= 0.3 is 0 Å². The molecule has 0 aromatic heterocycles. The number of ether oxygens (including phenoxy) is 1. The highest BCUT2D eigenvalue weighted by atomic mass is 19.2. The first-order valence-electron chi connectivity index (χ1n) is 11.0. The standard InChI is InChI=1S/C26H32F2O/c1-3-5-6-7-19-8-10-20(11-9-19)21-12-14-22(15-13-21)23-16-17-24(29-18-4-2)26(28)25(23)27/h4,12-20H,3,5-11H2,1-2H3/b18-4+. The van der Waals surface area contributed by atoms with Crippen LogP contribution in [0.3, 0.4) is 0 Å². The fraction of sp³-hybridized carbons (Fsp3) is 0.462. The van der Waals surface area contributed by atoms with Crippen molar-refractivity contribution in [3.63, 3.8) is 0 Å². The van der Waals surface area contributed by atoms with Crippen molar-refractivity contribution in [1.29, 1.82) is 0 Å². The molecule has 0 atom stereocenters. The summed E-state index contributed by atoms with van der Waals surface area (Å²) in [5.74, 6) is -0.447. The smallest absolute Gasteiger partial charge is 0.201 e. The van der Waals surface area contributed by atoms with Crippen LogP contribution in [0.2, 0.25) is 0 Å². The van der Waals surface area contributed by atoms with Gasteiger partial charge in [0.05, 0.1) is 6.26 Å². The van der Waals surface area contributed by atoms with E-state index in [2.05, 4.69) is 19.1 Å². The molecule has 2 aromatic carbocycles. The fourth-order valence-electron chi connectivity index (χ4n) is 4.39. The second-order valence-corrected chi connectivity index (χ2v) is 8.16. The topological polar surface area (TPSA) is 9.23 Å². The first-order valence-corrected chi connectivity index (χ1v) is 11.0. The van der Waals surface area contributed by atoms with Crippen LogP contribution in [-0.4, -0.2) is 0 Å². The van der Waals surface area contributed by atoms with Gasteiger partial charge in [-0.3, -0.25) is 0 Å². The summed E-state index contributed by atoms with van der Waals surface area (Å²) in [4.78, 5) is 0. The molecule has 0 spiro atoms. The summed E-state index contributed by atoms with van der Waals surface area (Å²) >= 11 is 0. The normalized spacial score (nSPS) is 19.6. The summed E-state index contributed by atoms with van der Waals surface area (Å²) in [6.45, 7) is 4.01. The van der Waals surface area contributed by atoms with Crippen LogP contribution < -0.4 is 4.74 Å². The lowest BCUT2D eigenvalue weighted by molar-refractivity contribution is 0.303. The monoisotopic (exact) mass is 398 g/mol. The van der Waals surface area contributed by atoms with Gasteiger partial charge in [0.2, 0.25) is 5.82 Å². The van der Waals surface area contributed by atoms with Crippen LogP contribution in [0, 0.1) is 17.6 Å². The maximum Gasteiger partial charge on any atom is 0.201 e. The molecule has 1 aliphatic carbocycles. The minimum absolute atomic E-state index is 0.100. The predicted octanol–water partition coefficient (Wildman–Crippen LogP) is 8.40. The Morgan fingerprint density at radius 3 is 2.31 bits per heavy atom. The van der Waals surface area contributed by atoms with Crippen LogP contribution >= 0.6 is 0 Å². The van der Waals surface area contributed by atoms with E-state index in [1.54, 1.807) is 19.1 Å². The molecule has 0 unspecified atom stereocenters. The summed E-state index contributed by atoms with van der Waals surface area (Å²) in [5.41, 5.74) is 2.27. The molecule has 1 aliphatic rings. The molecule has 3 heteroatoms. The molecule has 2 aromatic rings. The summed E-state index contributed by atoms with van der Waals surface area (Å²) in [5, 5.41) is 0. The van der Waals surface area contributed by atoms with Gasteiger partial charge < -0.3 is 4.74 Å². The molecule has 0 heterocycles. The maximum atomic E-state index is 14.5. The number of hydrogen-bond acceptors (Lipinski definition) is 1. The number of allylic oxidation sites excluding steroid dienone is 1. The van der Waals surface area contributed by atoms with Crippen LogP contribution in [0.1, 0.15) is 76.7 Å². The highest BCUT2D eigenvalue weighted by Gasteiger charge is 2.22.